The van der Waals surface area contributed by atoms with Gasteiger partial charge in [0.25, 0.3) is 0 Å². The van der Waals surface area contributed by atoms with E-state index < -0.39 is 5.97 Å². The average molecular weight is 196 g/mol. The first-order chi connectivity index (χ1) is 6.18. The summed E-state index contributed by atoms with van der Waals surface area (Å²) in [6, 6.07) is 4.97. The van der Waals surface area contributed by atoms with Gasteiger partial charge in [-0.3, -0.25) is 0 Å². The van der Waals surface area contributed by atoms with E-state index in [9.17, 15) is 4.79 Å². The summed E-state index contributed by atoms with van der Waals surface area (Å²) in [4.78, 5) is 13.6. The van der Waals surface area contributed by atoms with Gasteiger partial charge >= 0.3 is 5.97 Å². The fourth-order valence-corrected chi connectivity index (χ4v) is 1.48. The van der Waals surface area contributed by atoms with Crippen molar-refractivity contribution < 1.29 is 9.90 Å². The van der Waals surface area contributed by atoms with E-state index in [0.29, 0.717) is 0 Å². The molecule has 0 aliphatic carbocycles. The van der Waals surface area contributed by atoms with Crippen LogP contribution in [0.25, 0.3) is 10.9 Å². The van der Waals surface area contributed by atoms with E-state index in [-0.39, 0.29) is 10.6 Å². The highest BCUT2D eigenvalue weighted by Crippen LogP contribution is 2.22. The molecule has 1 aromatic carbocycles. The van der Waals surface area contributed by atoms with E-state index in [1.165, 1.54) is 0 Å². The number of hydrogen-bond donors (Lipinski definition) is 2. The summed E-state index contributed by atoms with van der Waals surface area (Å²) < 4.78 is 0. The molecular formula is C9H6ClNO2. The molecular weight excluding hydrogens is 190 g/mol. The van der Waals surface area contributed by atoms with Gasteiger partial charge in [-0.25, -0.2) is 4.79 Å². The Labute approximate surface area is 78.9 Å². The number of fused-ring (bicyclic) bond motifs is 1. The number of aromatic carboxylic acids is 1. The second-order valence-electron chi connectivity index (χ2n) is 2.70. The highest BCUT2D eigenvalue weighted by molar-refractivity contribution is 6.34. The summed E-state index contributed by atoms with van der Waals surface area (Å²) in [5, 5.41) is 9.87. The molecule has 0 radical (unpaired) electrons. The van der Waals surface area contributed by atoms with Gasteiger partial charge in [-0.15, -0.1) is 0 Å². The first-order valence-corrected chi connectivity index (χ1v) is 4.06. The Morgan fingerprint density at radius 2 is 2.23 bits per heavy atom. The largest absolute Gasteiger partial charge is 0.478 e. The molecule has 0 saturated carbocycles. The molecule has 0 fully saturated rings. The molecule has 0 bridgehead atoms. The van der Waals surface area contributed by atoms with Crippen molar-refractivity contribution >= 4 is 28.5 Å². The second kappa shape index (κ2) is 2.78. The van der Waals surface area contributed by atoms with Crippen LogP contribution in [0.15, 0.2) is 24.4 Å². The van der Waals surface area contributed by atoms with Gasteiger partial charge in [0, 0.05) is 17.1 Å². The number of aromatic nitrogens is 1. The lowest BCUT2D eigenvalue weighted by molar-refractivity contribution is 0.0697. The summed E-state index contributed by atoms with van der Waals surface area (Å²) >= 11 is 5.75. The predicted octanol–water partition coefficient (Wildman–Crippen LogP) is 2.52. The van der Waals surface area contributed by atoms with E-state index in [4.69, 9.17) is 16.7 Å². The van der Waals surface area contributed by atoms with E-state index >= 15 is 0 Å². The van der Waals surface area contributed by atoms with Crippen LogP contribution in [0.4, 0.5) is 0 Å². The minimum atomic E-state index is -1.01. The summed E-state index contributed by atoms with van der Waals surface area (Å²) in [5.74, 6) is -1.01. The molecule has 2 rings (SSSR count). The minimum Gasteiger partial charge on any atom is -0.478 e. The fourth-order valence-electron chi connectivity index (χ4n) is 1.24. The lowest BCUT2D eigenvalue weighted by Gasteiger charge is -1.98. The lowest BCUT2D eigenvalue weighted by atomic mass is 10.1. The van der Waals surface area contributed by atoms with Crippen molar-refractivity contribution in [1.29, 1.82) is 0 Å². The maximum absolute atomic E-state index is 10.7. The molecule has 66 valence electrons. The Balaban J connectivity index is 2.76. The molecule has 0 amide bonds. The number of halogens is 1. The maximum atomic E-state index is 10.7. The zero-order chi connectivity index (χ0) is 9.42. The number of carboxylic acids is 1. The van der Waals surface area contributed by atoms with E-state index in [1.54, 1.807) is 24.4 Å². The van der Waals surface area contributed by atoms with Crippen LogP contribution in [0.2, 0.25) is 5.02 Å². The maximum Gasteiger partial charge on any atom is 0.337 e. The van der Waals surface area contributed by atoms with Crippen LogP contribution >= 0.6 is 11.6 Å². The first kappa shape index (κ1) is 8.13. The molecule has 1 heterocycles. The van der Waals surface area contributed by atoms with Gasteiger partial charge in [0.05, 0.1) is 10.6 Å². The molecule has 0 atom stereocenters. The van der Waals surface area contributed by atoms with Crippen LogP contribution in [0.3, 0.4) is 0 Å². The van der Waals surface area contributed by atoms with Crippen molar-refractivity contribution in [2.75, 3.05) is 0 Å². The Morgan fingerprint density at radius 1 is 1.46 bits per heavy atom. The highest BCUT2D eigenvalue weighted by atomic mass is 35.5. The Kier molecular flexibility index (Phi) is 1.74. The van der Waals surface area contributed by atoms with E-state index in [1.807, 2.05) is 0 Å². The molecule has 1 aromatic heterocycles. The first-order valence-electron chi connectivity index (χ1n) is 3.68. The predicted molar refractivity (Wildman–Crippen MR) is 50.3 cm³/mol. The van der Waals surface area contributed by atoms with Crippen molar-refractivity contribution in [3.8, 4) is 0 Å². The van der Waals surface area contributed by atoms with Gasteiger partial charge in [-0.1, -0.05) is 11.6 Å². The van der Waals surface area contributed by atoms with Crippen LogP contribution in [-0.2, 0) is 0 Å². The molecule has 0 aliphatic heterocycles. The lowest BCUT2D eigenvalue weighted by Crippen LogP contribution is -1.96. The Morgan fingerprint density at radius 3 is 2.92 bits per heavy atom. The number of H-pyrrole nitrogens is 1. The normalized spacial score (nSPS) is 10.5. The zero-order valence-corrected chi connectivity index (χ0v) is 7.30. The monoisotopic (exact) mass is 195 g/mol. The van der Waals surface area contributed by atoms with Crippen LogP contribution in [0.1, 0.15) is 10.4 Å². The summed E-state index contributed by atoms with van der Waals surface area (Å²) in [7, 11) is 0. The van der Waals surface area contributed by atoms with Gasteiger partial charge in [-0.05, 0) is 18.2 Å². The molecule has 0 unspecified atom stereocenters. The molecule has 0 saturated heterocycles. The highest BCUT2D eigenvalue weighted by Gasteiger charge is 2.09. The molecule has 13 heavy (non-hydrogen) atoms. The summed E-state index contributed by atoms with van der Waals surface area (Å²) in [6.45, 7) is 0. The number of benzene rings is 1. The SMILES string of the molecule is O=C(O)c1cc2cc[nH]c2cc1Cl. The number of hydrogen-bond acceptors (Lipinski definition) is 1. The number of aromatic amines is 1. The van der Waals surface area contributed by atoms with E-state index in [0.717, 1.165) is 10.9 Å². The fraction of sp³-hybridized carbons (Fsp3) is 0. The second-order valence-corrected chi connectivity index (χ2v) is 3.11. The van der Waals surface area contributed by atoms with Crippen LogP contribution in [-0.4, -0.2) is 16.1 Å². The third-order valence-corrected chi connectivity index (χ3v) is 2.18. The van der Waals surface area contributed by atoms with Crippen molar-refractivity contribution in [3.63, 3.8) is 0 Å². The smallest absolute Gasteiger partial charge is 0.337 e. The zero-order valence-electron chi connectivity index (χ0n) is 6.54. The number of nitrogens with one attached hydrogen (secondary N) is 1. The Bertz CT molecular complexity index is 475. The molecule has 3 nitrogen and oxygen atoms in total. The van der Waals surface area contributed by atoms with Crippen molar-refractivity contribution in [3.05, 3.63) is 35.0 Å². The third kappa shape index (κ3) is 1.27. The van der Waals surface area contributed by atoms with Crippen LogP contribution in [0.5, 0.6) is 0 Å². The van der Waals surface area contributed by atoms with Crippen molar-refractivity contribution in [1.82, 2.24) is 4.98 Å². The minimum absolute atomic E-state index is 0.133. The molecule has 0 aliphatic rings. The van der Waals surface area contributed by atoms with Gasteiger partial charge < -0.3 is 10.1 Å². The summed E-state index contributed by atoms with van der Waals surface area (Å²) in [6.07, 6.45) is 1.74. The Hall–Kier alpha value is -1.48. The molecule has 0 spiro atoms. The number of carbonyl (C=O) groups is 1. The quantitative estimate of drug-likeness (QED) is 0.735. The summed E-state index contributed by atoms with van der Waals surface area (Å²) in [5.41, 5.74) is 0.976. The number of carboxylic acid groups (broad SMARTS) is 1. The number of rotatable bonds is 1. The van der Waals surface area contributed by atoms with Crippen molar-refractivity contribution in [2.24, 2.45) is 0 Å². The van der Waals surface area contributed by atoms with Crippen molar-refractivity contribution in [2.45, 2.75) is 0 Å². The molecule has 4 heteroatoms. The van der Waals surface area contributed by atoms with Gasteiger partial charge in [0.1, 0.15) is 0 Å². The topological polar surface area (TPSA) is 53.1 Å². The average Bonchev–Trinajstić information content (AvgIpc) is 2.48. The standard InChI is InChI=1S/C9H6ClNO2/c10-7-4-8-5(1-2-11-8)3-6(7)9(12)13/h1-4,11H,(H,12,13). The van der Waals surface area contributed by atoms with Gasteiger partial charge in [0.15, 0.2) is 0 Å². The van der Waals surface area contributed by atoms with Gasteiger partial charge in [-0.2, -0.15) is 0 Å². The van der Waals surface area contributed by atoms with Gasteiger partial charge in [0.2, 0.25) is 0 Å². The molecule has 2 aromatic rings. The van der Waals surface area contributed by atoms with Crippen LogP contribution < -0.4 is 0 Å². The third-order valence-electron chi connectivity index (χ3n) is 1.87. The van der Waals surface area contributed by atoms with E-state index in [2.05, 4.69) is 4.98 Å². The molecule has 2 N–H and O–H groups in total. The van der Waals surface area contributed by atoms with Crippen LogP contribution in [0, 0.1) is 0 Å².